The third-order valence-electron chi connectivity index (χ3n) is 5.20. The number of esters is 1. The number of ether oxygens (including phenoxy) is 4. The number of hydrogen-bond acceptors (Lipinski definition) is 12. The number of nitrogen functional groups attached to an aromatic ring is 1. The Morgan fingerprint density at radius 3 is 2.05 bits per heavy atom. The van der Waals surface area contributed by atoms with Crippen molar-refractivity contribution in [1.82, 2.24) is 10.9 Å². The van der Waals surface area contributed by atoms with Crippen LogP contribution in [0.2, 0.25) is 0 Å². The van der Waals surface area contributed by atoms with Crippen LogP contribution >= 0.6 is 0 Å². The second-order valence-electron chi connectivity index (χ2n) is 8.11. The minimum absolute atomic E-state index is 0.0471. The molecule has 0 aliphatic heterocycles. The van der Waals surface area contributed by atoms with Crippen LogP contribution in [0.5, 0.6) is 11.5 Å². The van der Waals surface area contributed by atoms with Crippen LogP contribution in [0.4, 0.5) is 5.69 Å². The normalized spacial score (nSPS) is 9.86. The first kappa shape index (κ1) is 30.8. The minimum Gasteiger partial charge on any atom is -0.486 e. The van der Waals surface area contributed by atoms with Crippen LogP contribution < -0.4 is 31.6 Å². The van der Waals surface area contributed by atoms with Crippen LogP contribution in [0.15, 0.2) is 82.0 Å². The van der Waals surface area contributed by atoms with E-state index in [4.69, 9.17) is 24.2 Å². The third kappa shape index (κ3) is 9.77. The van der Waals surface area contributed by atoms with Gasteiger partial charge in [0.05, 0.1) is 30.9 Å². The maximum absolute atomic E-state index is 11.6. The van der Waals surface area contributed by atoms with Crippen molar-refractivity contribution in [3.05, 3.63) is 101 Å². The highest BCUT2D eigenvalue weighted by Crippen LogP contribution is 2.22. The topological polar surface area (TPSA) is 194 Å². The second-order valence-corrected chi connectivity index (χ2v) is 8.11. The highest BCUT2D eigenvalue weighted by atomic mass is 16.5. The van der Waals surface area contributed by atoms with Gasteiger partial charge >= 0.3 is 5.97 Å². The molecule has 0 bridgehead atoms. The molecule has 5 N–H and O–H groups in total. The number of benzene rings is 2. The first-order chi connectivity index (χ1) is 20.4. The highest BCUT2D eigenvalue weighted by Gasteiger charge is 2.11. The summed E-state index contributed by atoms with van der Waals surface area (Å²) in [6.07, 6.45) is 3.56. The van der Waals surface area contributed by atoms with Gasteiger partial charge in [0.1, 0.15) is 42.8 Å². The zero-order valence-corrected chi connectivity index (χ0v) is 22.4. The molecule has 2 amide bonds. The molecule has 14 nitrogen and oxygen atoms in total. The monoisotopic (exact) mass is 580 g/mol. The summed E-state index contributed by atoms with van der Waals surface area (Å²) < 4.78 is 30.8. The number of amides is 2. The van der Waals surface area contributed by atoms with Gasteiger partial charge in [-0.2, -0.15) is 0 Å². The fourth-order valence-corrected chi connectivity index (χ4v) is 3.37. The molecule has 4 aromatic rings. The molecule has 4 rings (SSSR count). The number of nitrogens with one attached hydrogen (secondary N) is 3. The van der Waals surface area contributed by atoms with E-state index in [9.17, 15) is 19.2 Å². The highest BCUT2D eigenvalue weighted by molar-refractivity contribution is 5.95. The van der Waals surface area contributed by atoms with E-state index in [-0.39, 0.29) is 25.4 Å². The Bertz CT molecular complexity index is 1330. The smallest absolute Gasteiger partial charge is 0.337 e. The van der Waals surface area contributed by atoms with E-state index < -0.39 is 11.9 Å². The lowest BCUT2D eigenvalue weighted by atomic mass is 10.1. The van der Waals surface area contributed by atoms with E-state index in [0.717, 1.165) is 0 Å². The largest absolute Gasteiger partial charge is 0.486 e. The van der Waals surface area contributed by atoms with Crippen molar-refractivity contribution < 1.29 is 47.0 Å². The van der Waals surface area contributed by atoms with E-state index in [1.165, 1.54) is 25.5 Å². The lowest BCUT2D eigenvalue weighted by Crippen LogP contribution is -2.30. The Labute approximate surface area is 239 Å². The summed E-state index contributed by atoms with van der Waals surface area (Å²) in [6, 6.07) is 16.5. The number of rotatable bonds is 14. The fourth-order valence-electron chi connectivity index (χ4n) is 3.37. The van der Waals surface area contributed by atoms with Crippen LogP contribution in [0.1, 0.15) is 37.8 Å². The molecule has 2 aromatic carbocycles. The van der Waals surface area contributed by atoms with Gasteiger partial charge in [-0.1, -0.05) is 0 Å². The van der Waals surface area contributed by atoms with Gasteiger partial charge in [0, 0.05) is 11.6 Å². The lowest BCUT2D eigenvalue weighted by Gasteiger charge is -2.11. The van der Waals surface area contributed by atoms with Crippen molar-refractivity contribution >= 4 is 30.4 Å². The second kappa shape index (κ2) is 16.4. The maximum atomic E-state index is 11.6. The zero-order valence-electron chi connectivity index (χ0n) is 22.4. The standard InChI is InChI=1S/C15H14O6.C13H14N4O4/c1-18-15(17)12-5-11(8-19-10-16)6-14(7-12)21-9-13-3-2-4-20-13;14-16-13(19)9-4-10(17-15-8-18)6-12(5-9)21-7-11-2-1-3-20-11/h2-7,10H,8-9H2,1H3;1-6,8,17H,7,14H2,(H,15,18)(H,16,19). The van der Waals surface area contributed by atoms with Crippen molar-refractivity contribution in [2.24, 2.45) is 5.84 Å². The van der Waals surface area contributed by atoms with Gasteiger partial charge in [-0.15, -0.1) is 0 Å². The van der Waals surface area contributed by atoms with Crippen LogP contribution in [0, 0.1) is 0 Å². The predicted octanol–water partition coefficient (Wildman–Crippen LogP) is 2.85. The maximum Gasteiger partial charge on any atom is 0.337 e. The average Bonchev–Trinajstić information content (AvgIpc) is 3.75. The van der Waals surface area contributed by atoms with Crippen LogP contribution in [0.3, 0.4) is 0 Å². The van der Waals surface area contributed by atoms with Crippen molar-refractivity contribution in [3.63, 3.8) is 0 Å². The lowest BCUT2D eigenvalue weighted by molar-refractivity contribution is -0.129. The van der Waals surface area contributed by atoms with Crippen molar-refractivity contribution in [2.45, 2.75) is 19.8 Å². The molecule has 220 valence electrons. The number of carbonyl (C=O) groups is 4. The van der Waals surface area contributed by atoms with Crippen molar-refractivity contribution in [1.29, 1.82) is 0 Å². The number of hydrazine groups is 2. The van der Waals surface area contributed by atoms with Gasteiger partial charge < -0.3 is 27.8 Å². The summed E-state index contributed by atoms with van der Waals surface area (Å²) in [5.74, 6) is 6.31. The van der Waals surface area contributed by atoms with E-state index in [0.29, 0.717) is 52.7 Å². The Balaban J connectivity index is 0.000000230. The molecule has 0 atom stereocenters. The van der Waals surface area contributed by atoms with Gasteiger partial charge in [-0.25, -0.2) is 10.6 Å². The van der Waals surface area contributed by atoms with E-state index in [2.05, 4.69) is 20.3 Å². The molecule has 2 heterocycles. The van der Waals surface area contributed by atoms with Crippen LogP contribution in [0.25, 0.3) is 0 Å². The van der Waals surface area contributed by atoms with Crippen molar-refractivity contribution in [3.8, 4) is 11.5 Å². The summed E-state index contributed by atoms with van der Waals surface area (Å²) in [4.78, 5) is 43.8. The SMILES string of the molecule is COC(=O)c1cc(COC=O)cc(OCc2ccco2)c1.NNC(=O)c1cc(NNC=O)cc(OCc2ccco2)c1. The summed E-state index contributed by atoms with van der Waals surface area (Å²) in [7, 11) is 1.29. The minimum atomic E-state index is -0.495. The van der Waals surface area contributed by atoms with E-state index in [1.54, 1.807) is 54.8 Å². The van der Waals surface area contributed by atoms with Crippen LogP contribution in [-0.2, 0) is 38.9 Å². The molecule has 2 aromatic heterocycles. The molecular weight excluding hydrogens is 552 g/mol. The summed E-state index contributed by atoms with van der Waals surface area (Å²) >= 11 is 0. The number of carbonyl (C=O) groups excluding carboxylic acids is 4. The molecule has 0 unspecified atom stereocenters. The van der Waals surface area contributed by atoms with E-state index in [1.807, 2.05) is 5.43 Å². The Morgan fingerprint density at radius 2 is 1.50 bits per heavy atom. The molecule has 0 aliphatic carbocycles. The molecule has 14 heteroatoms. The average molecular weight is 581 g/mol. The van der Waals surface area contributed by atoms with Gasteiger partial charge in [0.2, 0.25) is 6.41 Å². The predicted molar refractivity (Wildman–Crippen MR) is 146 cm³/mol. The molecule has 0 aliphatic rings. The Hall–Kier alpha value is -5.76. The quantitative estimate of drug-likeness (QED) is 0.0561. The first-order valence-electron chi connectivity index (χ1n) is 12.1. The van der Waals surface area contributed by atoms with Gasteiger partial charge in [0.15, 0.2) is 0 Å². The van der Waals surface area contributed by atoms with Gasteiger partial charge in [0.25, 0.3) is 12.4 Å². The first-order valence-corrected chi connectivity index (χ1v) is 12.1. The molecule has 0 radical (unpaired) electrons. The van der Waals surface area contributed by atoms with Gasteiger partial charge in [-0.3, -0.25) is 30.7 Å². The summed E-state index contributed by atoms with van der Waals surface area (Å²) in [5, 5.41) is 0. The molecule has 42 heavy (non-hydrogen) atoms. The summed E-state index contributed by atoms with van der Waals surface area (Å²) in [6.45, 7) is 0.826. The summed E-state index contributed by atoms with van der Waals surface area (Å²) in [5.41, 5.74) is 8.61. The Kier molecular flexibility index (Phi) is 12.0. The van der Waals surface area contributed by atoms with Gasteiger partial charge in [-0.05, 0) is 60.2 Å². The number of hydrogen-bond donors (Lipinski definition) is 4. The molecular formula is C28H28N4O10. The third-order valence-corrected chi connectivity index (χ3v) is 5.20. The molecule has 0 spiro atoms. The Morgan fingerprint density at radius 1 is 0.857 bits per heavy atom. The number of anilines is 1. The van der Waals surface area contributed by atoms with E-state index >= 15 is 0 Å². The number of methoxy groups -OCH3 is 1. The van der Waals surface area contributed by atoms with Crippen molar-refractivity contribution in [2.75, 3.05) is 12.5 Å². The molecule has 0 saturated heterocycles. The number of nitrogens with two attached hydrogens (primary N) is 1. The zero-order chi connectivity index (χ0) is 30.2. The fraction of sp³-hybridized carbons (Fsp3) is 0.143. The molecule has 0 saturated carbocycles. The number of furan rings is 2. The molecule has 0 fully saturated rings. The van der Waals surface area contributed by atoms with Crippen LogP contribution in [-0.4, -0.2) is 31.9 Å².